The third kappa shape index (κ3) is 3.51. The molecule has 0 aliphatic rings. The van der Waals surface area contributed by atoms with Crippen molar-refractivity contribution in [2.75, 3.05) is 12.4 Å². The van der Waals surface area contributed by atoms with Gasteiger partial charge in [-0.15, -0.1) is 0 Å². The Morgan fingerprint density at radius 3 is 2.81 bits per heavy atom. The lowest BCUT2D eigenvalue weighted by atomic mass is 10.1. The minimum absolute atomic E-state index is 0.00978. The van der Waals surface area contributed by atoms with Crippen LogP contribution in [0, 0.1) is 12.8 Å². The Bertz CT molecular complexity index is 1070. The summed E-state index contributed by atoms with van der Waals surface area (Å²) in [6.07, 6.45) is 1.43. The number of methoxy groups -OCH3 is 1. The molecule has 8 heteroatoms. The largest absolute Gasteiger partial charge is 0.508 e. The number of ether oxygens (including phenoxy) is 1. The summed E-state index contributed by atoms with van der Waals surface area (Å²) in [4.78, 5) is 29.9. The molecule has 1 aromatic carbocycles. The summed E-state index contributed by atoms with van der Waals surface area (Å²) in [5.74, 6) is 0.330. The third-order valence-electron chi connectivity index (χ3n) is 4.08. The quantitative estimate of drug-likeness (QED) is 0.668. The highest BCUT2D eigenvalue weighted by atomic mass is 16.5. The molecule has 0 fully saturated rings. The number of hydrogen-bond donors (Lipinski definition) is 2. The fourth-order valence-corrected chi connectivity index (χ4v) is 2.90. The van der Waals surface area contributed by atoms with Gasteiger partial charge >= 0.3 is 0 Å². The number of aromatic hydroxyl groups is 1. The molecule has 0 aliphatic heterocycles. The molecular weight excluding hydrogens is 350 g/mol. The normalized spacial score (nSPS) is 11.1. The minimum atomic E-state index is -0.517. The SMILES string of the molecule is COc1cc(O)ccc1NC(=O)c1c(C)oc2ncn(CC(C)C)c(=O)c12. The smallest absolute Gasteiger partial charge is 0.265 e. The Morgan fingerprint density at radius 2 is 2.15 bits per heavy atom. The first-order valence-corrected chi connectivity index (χ1v) is 8.48. The van der Waals surface area contributed by atoms with Gasteiger partial charge in [0.2, 0.25) is 5.71 Å². The lowest BCUT2D eigenvalue weighted by Crippen LogP contribution is -2.24. The number of phenols is 1. The fourth-order valence-electron chi connectivity index (χ4n) is 2.90. The van der Waals surface area contributed by atoms with Gasteiger partial charge in [0.05, 0.1) is 18.4 Å². The van der Waals surface area contributed by atoms with Crippen LogP contribution in [0.2, 0.25) is 0 Å². The molecule has 0 atom stereocenters. The molecule has 0 radical (unpaired) electrons. The molecule has 0 bridgehead atoms. The van der Waals surface area contributed by atoms with E-state index in [2.05, 4.69) is 10.3 Å². The van der Waals surface area contributed by atoms with Gasteiger partial charge < -0.3 is 19.6 Å². The highest BCUT2D eigenvalue weighted by Crippen LogP contribution is 2.30. The van der Waals surface area contributed by atoms with E-state index in [0.29, 0.717) is 23.7 Å². The maximum absolute atomic E-state index is 12.9. The van der Waals surface area contributed by atoms with Crippen LogP contribution < -0.4 is 15.6 Å². The van der Waals surface area contributed by atoms with Crippen LogP contribution in [0.5, 0.6) is 11.5 Å². The van der Waals surface area contributed by atoms with Crippen molar-refractivity contribution in [2.24, 2.45) is 5.92 Å². The van der Waals surface area contributed by atoms with E-state index in [-0.39, 0.29) is 33.9 Å². The number of fused-ring (bicyclic) bond motifs is 1. The van der Waals surface area contributed by atoms with Crippen molar-refractivity contribution < 1.29 is 19.1 Å². The van der Waals surface area contributed by atoms with Crippen LogP contribution in [-0.4, -0.2) is 27.7 Å². The highest BCUT2D eigenvalue weighted by Gasteiger charge is 2.24. The average molecular weight is 371 g/mol. The fraction of sp³-hybridized carbons (Fsp3) is 0.316. The van der Waals surface area contributed by atoms with Crippen molar-refractivity contribution in [1.29, 1.82) is 0 Å². The van der Waals surface area contributed by atoms with Gasteiger partial charge in [-0.1, -0.05) is 13.8 Å². The topological polar surface area (TPSA) is 107 Å². The minimum Gasteiger partial charge on any atom is -0.508 e. The highest BCUT2D eigenvalue weighted by molar-refractivity contribution is 6.13. The summed E-state index contributed by atoms with van der Waals surface area (Å²) in [5, 5.41) is 12.4. The number of hydrogen-bond acceptors (Lipinski definition) is 6. The molecule has 2 heterocycles. The van der Waals surface area contributed by atoms with Crippen LogP contribution in [0.3, 0.4) is 0 Å². The number of amides is 1. The molecule has 142 valence electrons. The molecule has 2 N–H and O–H groups in total. The Kier molecular flexibility index (Phi) is 4.89. The zero-order valence-corrected chi connectivity index (χ0v) is 15.6. The van der Waals surface area contributed by atoms with Gasteiger partial charge in [0.15, 0.2) is 0 Å². The molecule has 27 heavy (non-hydrogen) atoms. The van der Waals surface area contributed by atoms with Crippen molar-refractivity contribution in [2.45, 2.75) is 27.3 Å². The second kappa shape index (κ2) is 7.14. The van der Waals surface area contributed by atoms with E-state index < -0.39 is 5.91 Å². The number of aromatic nitrogens is 2. The molecule has 3 rings (SSSR count). The number of carbonyl (C=O) groups is 1. The Labute approximate surface area is 155 Å². The average Bonchev–Trinajstić information content (AvgIpc) is 2.95. The number of phenolic OH excluding ortho intramolecular Hbond substituents is 1. The van der Waals surface area contributed by atoms with E-state index in [1.165, 1.54) is 36.2 Å². The molecule has 1 amide bonds. The van der Waals surface area contributed by atoms with Crippen LogP contribution in [0.4, 0.5) is 5.69 Å². The van der Waals surface area contributed by atoms with Crippen LogP contribution in [-0.2, 0) is 6.54 Å². The first-order valence-electron chi connectivity index (χ1n) is 8.48. The van der Waals surface area contributed by atoms with Gasteiger partial charge in [0, 0.05) is 12.6 Å². The van der Waals surface area contributed by atoms with Crippen molar-refractivity contribution in [1.82, 2.24) is 9.55 Å². The monoisotopic (exact) mass is 371 g/mol. The molecule has 0 aliphatic carbocycles. The molecule has 8 nitrogen and oxygen atoms in total. The van der Waals surface area contributed by atoms with Crippen LogP contribution in [0.25, 0.3) is 11.1 Å². The predicted molar refractivity (Wildman–Crippen MR) is 100 cm³/mol. The summed E-state index contributed by atoms with van der Waals surface area (Å²) in [6.45, 7) is 6.07. The van der Waals surface area contributed by atoms with E-state index in [9.17, 15) is 14.7 Å². The van der Waals surface area contributed by atoms with E-state index in [1.54, 1.807) is 6.92 Å². The molecule has 0 unspecified atom stereocenters. The molecular formula is C19H21N3O5. The zero-order chi connectivity index (χ0) is 19.7. The van der Waals surface area contributed by atoms with Gasteiger partial charge in [0.25, 0.3) is 11.5 Å². The maximum atomic E-state index is 12.9. The summed E-state index contributed by atoms with van der Waals surface area (Å²) in [7, 11) is 1.43. The Hall–Kier alpha value is -3.29. The molecule has 0 saturated carbocycles. The van der Waals surface area contributed by atoms with Crippen LogP contribution in [0.15, 0.2) is 33.7 Å². The molecule has 0 saturated heterocycles. The van der Waals surface area contributed by atoms with E-state index in [1.807, 2.05) is 13.8 Å². The van der Waals surface area contributed by atoms with Gasteiger partial charge in [-0.05, 0) is 25.0 Å². The Morgan fingerprint density at radius 1 is 1.41 bits per heavy atom. The van der Waals surface area contributed by atoms with Gasteiger partial charge in [-0.3, -0.25) is 14.2 Å². The number of furan rings is 1. The summed E-state index contributed by atoms with van der Waals surface area (Å²) in [6, 6.07) is 4.32. The number of rotatable bonds is 5. The van der Waals surface area contributed by atoms with Crippen LogP contribution >= 0.6 is 0 Å². The summed E-state index contributed by atoms with van der Waals surface area (Å²) >= 11 is 0. The van der Waals surface area contributed by atoms with Crippen molar-refractivity contribution in [3.05, 3.63) is 46.2 Å². The number of aryl methyl sites for hydroxylation is 1. The molecule has 3 aromatic rings. The zero-order valence-electron chi connectivity index (χ0n) is 15.6. The summed E-state index contributed by atoms with van der Waals surface area (Å²) < 4.78 is 12.2. The number of carbonyl (C=O) groups excluding carboxylic acids is 1. The van der Waals surface area contributed by atoms with Gasteiger partial charge in [-0.25, -0.2) is 4.98 Å². The van der Waals surface area contributed by atoms with Gasteiger partial charge in [-0.2, -0.15) is 0 Å². The van der Waals surface area contributed by atoms with Crippen molar-refractivity contribution in [3.63, 3.8) is 0 Å². The first kappa shape index (κ1) is 18.5. The standard InChI is InChI=1S/C19H21N3O5/c1-10(2)8-22-9-20-18-16(19(22)25)15(11(3)27-18)17(24)21-13-6-5-12(23)7-14(13)26-4/h5-7,9-10,23H,8H2,1-4H3,(H,21,24). The number of benzene rings is 1. The van der Waals surface area contributed by atoms with E-state index >= 15 is 0 Å². The third-order valence-corrected chi connectivity index (χ3v) is 4.08. The second-order valence-corrected chi connectivity index (χ2v) is 6.65. The first-order chi connectivity index (χ1) is 12.8. The van der Waals surface area contributed by atoms with Crippen molar-refractivity contribution >= 4 is 22.7 Å². The maximum Gasteiger partial charge on any atom is 0.265 e. The lowest BCUT2D eigenvalue weighted by Gasteiger charge is -2.11. The van der Waals surface area contributed by atoms with E-state index in [4.69, 9.17) is 9.15 Å². The van der Waals surface area contributed by atoms with Gasteiger partial charge in [0.1, 0.15) is 29.0 Å². The number of nitrogens with zero attached hydrogens (tertiary/aromatic N) is 2. The van der Waals surface area contributed by atoms with E-state index in [0.717, 1.165) is 0 Å². The second-order valence-electron chi connectivity index (χ2n) is 6.65. The molecule has 0 spiro atoms. The number of nitrogens with one attached hydrogen (secondary N) is 1. The van der Waals surface area contributed by atoms with Crippen molar-refractivity contribution in [3.8, 4) is 11.5 Å². The van der Waals surface area contributed by atoms with Crippen LogP contribution in [0.1, 0.15) is 30.0 Å². The Balaban J connectivity index is 2.07. The summed E-state index contributed by atoms with van der Waals surface area (Å²) in [5.41, 5.74) is 0.296. The lowest BCUT2D eigenvalue weighted by molar-refractivity contribution is 0.102. The number of anilines is 1. The molecule has 2 aromatic heterocycles. The predicted octanol–water partition coefficient (Wildman–Crippen LogP) is 2.92.